The summed E-state index contributed by atoms with van der Waals surface area (Å²) in [5, 5.41) is 5.04. The van der Waals surface area contributed by atoms with E-state index >= 15 is 0 Å². The van der Waals surface area contributed by atoms with Gasteiger partial charge in [0.1, 0.15) is 0 Å². The zero-order valence-electron chi connectivity index (χ0n) is 16.1. The maximum Gasteiger partial charge on any atom is 0.416 e. The smallest absolute Gasteiger partial charge is 0.368 e. The highest BCUT2D eigenvalue weighted by molar-refractivity contribution is 7.13. The monoisotopic (exact) mass is 438 g/mol. The number of hydrogen-bond donors (Lipinski definition) is 1. The highest BCUT2D eigenvalue weighted by Gasteiger charge is 2.32. The number of amides is 2. The van der Waals surface area contributed by atoms with Crippen LogP contribution >= 0.6 is 11.3 Å². The molecule has 0 spiro atoms. The highest BCUT2D eigenvalue weighted by Crippen LogP contribution is 2.32. The molecule has 2 aliphatic rings. The molecule has 1 aliphatic carbocycles. The van der Waals surface area contributed by atoms with Crippen molar-refractivity contribution in [2.45, 2.75) is 25.4 Å². The summed E-state index contributed by atoms with van der Waals surface area (Å²) in [4.78, 5) is 32.2. The Labute approximate surface area is 175 Å². The Morgan fingerprint density at radius 3 is 2.57 bits per heavy atom. The largest absolute Gasteiger partial charge is 0.416 e. The average Bonchev–Trinajstić information content (AvgIpc) is 3.49. The maximum atomic E-state index is 12.9. The molecule has 10 heteroatoms. The van der Waals surface area contributed by atoms with Gasteiger partial charge < -0.3 is 15.1 Å². The molecule has 0 atom stereocenters. The van der Waals surface area contributed by atoms with Crippen molar-refractivity contribution in [3.63, 3.8) is 0 Å². The molecule has 1 saturated carbocycles. The number of halogens is 3. The Kier molecular flexibility index (Phi) is 5.68. The van der Waals surface area contributed by atoms with E-state index < -0.39 is 11.7 Å². The molecule has 2 aromatic rings. The number of anilines is 2. The second kappa shape index (κ2) is 8.25. The lowest BCUT2D eigenvalue weighted by Crippen LogP contribution is -2.49. The van der Waals surface area contributed by atoms with Crippen molar-refractivity contribution in [3.8, 4) is 0 Å². The van der Waals surface area contributed by atoms with E-state index in [-0.39, 0.29) is 24.2 Å². The normalized spacial score (nSPS) is 17.2. The van der Waals surface area contributed by atoms with Crippen LogP contribution in [0.1, 0.15) is 24.1 Å². The van der Waals surface area contributed by atoms with Crippen molar-refractivity contribution in [1.82, 2.24) is 9.88 Å². The van der Waals surface area contributed by atoms with Gasteiger partial charge in [-0.05, 0) is 31.0 Å². The lowest BCUT2D eigenvalue weighted by Gasteiger charge is -2.36. The fraction of sp³-hybridized carbons (Fsp3) is 0.450. The SMILES string of the molecule is O=C(Nc1nc(CC(=O)N2CCN(c3cccc(C(F)(F)F)c3)CC2)cs1)C1CC1. The summed E-state index contributed by atoms with van der Waals surface area (Å²) in [6.45, 7) is 1.80. The number of benzene rings is 1. The molecule has 2 amide bonds. The van der Waals surface area contributed by atoms with Gasteiger partial charge in [-0.2, -0.15) is 13.2 Å². The Hall–Kier alpha value is -2.62. The molecule has 0 radical (unpaired) electrons. The molecular weight excluding hydrogens is 417 g/mol. The standard InChI is InChI=1S/C20H21F3N4O2S/c21-20(22,23)14-2-1-3-16(10-14)26-6-8-27(9-7-26)17(28)11-15-12-30-19(24-15)25-18(29)13-4-5-13/h1-3,10,12-13H,4-9,11H2,(H,24,25,29). The number of carbonyl (C=O) groups is 2. The van der Waals surface area contributed by atoms with Gasteiger partial charge in [-0.15, -0.1) is 11.3 Å². The summed E-state index contributed by atoms with van der Waals surface area (Å²) in [6.07, 6.45) is -2.41. The van der Waals surface area contributed by atoms with E-state index in [9.17, 15) is 22.8 Å². The summed E-state index contributed by atoms with van der Waals surface area (Å²) >= 11 is 1.30. The van der Waals surface area contributed by atoms with Crippen LogP contribution in [-0.2, 0) is 22.2 Å². The van der Waals surface area contributed by atoms with Gasteiger partial charge >= 0.3 is 6.18 Å². The molecule has 2 heterocycles. The number of piperazine rings is 1. The van der Waals surface area contributed by atoms with Crippen molar-refractivity contribution in [3.05, 3.63) is 40.9 Å². The van der Waals surface area contributed by atoms with Crippen molar-refractivity contribution < 1.29 is 22.8 Å². The number of nitrogens with one attached hydrogen (secondary N) is 1. The molecule has 6 nitrogen and oxygen atoms in total. The third kappa shape index (κ3) is 4.92. The summed E-state index contributed by atoms with van der Waals surface area (Å²) in [7, 11) is 0. The minimum Gasteiger partial charge on any atom is -0.368 e. The molecule has 2 fully saturated rings. The quantitative estimate of drug-likeness (QED) is 0.777. The predicted octanol–water partition coefficient (Wildman–Crippen LogP) is 3.40. The molecule has 1 aromatic carbocycles. The van der Waals surface area contributed by atoms with Gasteiger partial charge in [0, 0.05) is 43.2 Å². The number of hydrogen-bond acceptors (Lipinski definition) is 5. The van der Waals surface area contributed by atoms with Gasteiger partial charge in [-0.3, -0.25) is 9.59 Å². The minimum atomic E-state index is -4.38. The molecular formula is C20H21F3N4O2S. The lowest BCUT2D eigenvalue weighted by molar-refractivity contribution is -0.137. The van der Waals surface area contributed by atoms with E-state index in [0.29, 0.717) is 42.7 Å². The molecule has 160 valence electrons. The molecule has 0 unspecified atom stereocenters. The molecule has 1 aliphatic heterocycles. The first-order valence-electron chi connectivity index (χ1n) is 9.75. The van der Waals surface area contributed by atoms with Crippen molar-refractivity contribution in [1.29, 1.82) is 0 Å². The summed E-state index contributed by atoms with van der Waals surface area (Å²) < 4.78 is 38.8. The zero-order chi connectivity index (χ0) is 21.3. The third-order valence-corrected chi connectivity index (χ3v) is 6.04. The number of alkyl halides is 3. The van der Waals surface area contributed by atoms with Crippen molar-refractivity contribution in [2.75, 3.05) is 36.4 Å². The van der Waals surface area contributed by atoms with Crippen molar-refractivity contribution >= 4 is 34.0 Å². The van der Waals surface area contributed by atoms with Crippen LogP contribution in [0, 0.1) is 5.92 Å². The van der Waals surface area contributed by atoms with Crippen LogP contribution in [0.4, 0.5) is 24.0 Å². The second-order valence-corrected chi connectivity index (χ2v) is 8.36. The molecule has 1 saturated heterocycles. The third-order valence-electron chi connectivity index (χ3n) is 5.23. The first-order valence-corrected chi connectivity index (χ1v) is 10.6. The van der Waals surface area contributed by atoms with Gasteiger partial charge in [0.2, 0.25) is 11.8 Å². The van der Waals surface area contributed by atoms with Crippen LogP contribution in [0.15, 0.2) is 29.6 Å². The highest BCUT2D eigenvalue weighted by atomic mass is 32.1. The molecule has 0 bridgehead atoms. The summed E-state index contributed by atoms with van der Waals surface area (Å²) in [6, 6.07) is 5.25. The maximum absolute atomic E-state index is 12.9. The Morgan fingerprint density at radius 1 is 1.17 bits per heavy atom. The van der Waals surface area contributed by atoms with E-state index in [1.54, 1.807) is 16.3 Å². The number of carbonyl (C=O) groups excluding carboxylic acids is 2. The Morgan fingerprint density at radius 2 is 1.90 bits per heavy atom. The topological polar surface area (TPSA) is 65.5 Å². The van der Waals surface area contributed by atoms with E-state index in [4.69, 9.17) is 0 Å². The molecule has 30 heavy (non-hydrogen) atoms. The van der Waals surface area contributed by atoms with E-state index in [1.165, 1.54) is 17.4 Å². The fourth-order valence-electron chi connectivity index (χ4n) is 3.36. The van der Waals surface area contributed by atoms with Gasteiger partial charge in [0.05, 0.1) is 17.7 Å². The number of rotatable bonds is 5. The second-order valence-electron chi connectivity index (χ2n) is 7.50. The van der Waals surface area contributed by atoms with Crippen LogP contribution in [-0.4, -0.2) is 47.9 Å². The van der Waals surface area contributed by atoms with Crippen LogP contribution < -0.4 is 10.2 Å². The van der Waals surface area contributed by atoms with Crippen LogP contribution in [0.3, 0.4) is 0 Å². The Bertz CT molecular complexity index is 934. The first-order chi connectivity index (χ1) is 14.3. The van der Waals surface area contributed by atoms with Gasteiger partial charge in [-0.25, -0.2) is 4.98 Å². The summed E-state index contributed by atoms with van der Waals surface area (Å²) in [5.41, 5.74) is 0.440. The van der Waals surface area contributed by atoms with Gasteiger partial charge in [-0.1, -0.05) is 6.07 Å². The van der Waals surface area contributed by atoms with Gasteiger partial charge in [0.25, 0.3) is 0 Å². The van der Waals surface area contributed by atoms with Crippen LogP contribution in [0.2, 0.25) is 0 Å². The van der Waals surface area contributed by atoms with E-state index in [1.807, 2.05) is 4.90 Å². The van der Waals surface area contributed by atoms with Crippen LogP contribution in [0.25, 0.3) is 0 Å². The van der Waals surface area contributed by atoms with E-state index in [0.717, 1.165) is 25.0 Å². The predicted molar refractivity (Wildman–Crippen MR) is 107 cm³/mol. The zero-order valence-corrected chi connectivity index (χ0v) is 16.9. The van der Waals surface area contributed by atoms with E-state index in [2.05, 4.69) is 10.3 Å². The van der Waals surface area contributed by atoms with Crippen molar-refractivity contribution in [2.24, 2.45) is 5.92 Å². The number of nitrogens with zero attached hydrogens (tertiary/aromatic N) is 3. The molecule has 1 N–H and O–H groups in total. The lowest BCUT2D eigenvalue weighted by atomic mass is 10.1. The average molecular weight is 438 g/mol. The molecule has 1 aromatic heterocycles. The number of thiazole rings is 1. The van der Waals surface area contributed by atoms with Crippen LogP contribution in [0.5, 0.6) is 0 Å². The van der Waals surface area contributed by atoms with Gasteiger partial charge in [0.15, 0.2) is 5.13 Å². The Balaban J connectivity index is 1.29. The summed E-state index contributed by atoms with van der Waals surface area (Å²) in [5.74, 6) is -0.0101. The molecule has 4 rings (SSSR count). The number of aromatic nitrogens is 1. The fourth-order valence-corrected chi connectivity index (χ4v) is 4.07. The first kappa shape index (κ1) is 20.6. The minimum absolute atomic E-state index is 0.0204.